The number of halogens is 1. The largest absolute Gasteiger partial charge is 0.378 e. The molecule has 0 bridgehead atoms. The van der Waals surface area contributed by atoms with Crippen LogP contribution in [0, 0.1) is 0 Å². The molecule has 0 saturated heterocycles. The van der Waals surface area contributed by atoms with Gasteiger partial charge in [-0.05, 0) is 23.8 Å². The molecule has 0 radical (unpaired) electrons. The monoisotopic (exact) mass is 356 g/mol. The van der Waals surface area contributed by atoms with Crippen molar-refractivity contribution in [2.45, 2.75) is 13.2 Å². The van der Waals surface area contributed by atoms with E-state index in [1.165, 1.54) is 0 Å². The van der Waals surface area contributed by atoms with Crippen LogP contribution in [0.25, 0.3) is 5.69 Å². The van der Waals surface area contributed by atoms with E-state index < -0.39 is 0 Å². The molecule has 1 heterocycles. The Bertz CT molecular complexity index is 865. The molecule has 0 aliphatic heterocycles. The van der Waals surface area contributed by atoms with Crippen LogP contribution in [0.3, 0.4) is 0 Å². The van der Waals surface area contributed by atoms with Gasteiger partial charge in [0.15, 0.2) is 5.69 Å². The average molecular weight is 357 g/mol. The number of rotatable bonds is 6. The number of nitrogens with zero attached hydrogens (tertiary/aromatic N) is 3. The number of para-hydroxylation sites is 1. The molecule has 0 unspecified atom stereocenters. The number of hydrogen-bond donors (Lipinski definition) is 1. The van der Waals surface area contributed by atoms with Crippen molar-refractivity contribution in [3.05, 3.63) is 76.6 Å². The molecule has 3 rings (SSSR count). The lowest BCUT2D eigenvalue weighted by atomic mass is 10.2. The fourth-order valence-electron chi connectivity index (χ4n) is 2.42. The Morgan fingerprint density at radius 2 is 1.88 bits per heavy atom. The summed E-state index contributed by atoms with van der Waals surface area (Å²) in [4.78, 5) is 12.5. The zero-order valence-corrected chi connectivity index (χ0v) is 14.4. The second kappa shape index (κ2) is 7.92. The number of nitrogens with one attached hydrogen (secondary N) is 1. The van der Waals surface area contributed by atoms with Crippen LogP contribution in [0.15, 0.2) is 54.6 Å². The minimum absolute atomic E-state index is 0.219. The maximum Gasteiger partial charge on any atom is 0.274 e. The second-order valence-electron chi connectivity index (χ2n) is 5.34. The zero-order valence-electron chi connectivity index (χ0n) is 13.6. The summed E-state index contributed by atoms with van der Waals surface area (Å²) in [5.74, 6) is -0.325. The van der Waals surface area contributed by atoms with E-state index >= 15 is 0 Å². The molecular formula is C18H17ClN4O2. The molecule has 25 heavy (non-hydrogen) atoms. The van der Waals surface area contributed by atoms with Crippen LogP contribution in [-0.2, 0) is 17.9 Å². The molecule has 1 aromatic heterocycles. The summed E-state index contributed by atoms with van der Waals surface area (Å²) in [5, 5.41) is 11.6. The predicted molar refractivity (Wildman–Crippen MR) is 94.7 cm³/mol. The summed E-state index contributed by atoms with van der Waals surface area (Å²) in [7, 11) is 1.56. The molecule has 1 amide bonds. The highest BCUT2D eigenvalue weighted by Crippen LogP contribution is 2.16. The normalized spacial score (nSPS) is 10.6. The van der Waals surface area contributed by atoms with Crippen LogP contribution in [0.5, 0.6) is 0 Å². The predicted octanol–water partition coefficient (Wildman–Crippen LogP) is 3.00. The first-order valence-electron chi connectivity index (χ1n) is 7.71. The molecule has 7 heteroatoms. The lowest BCUT2D eigenvalue weighted by Crippen LogP contribution is -2.25. The number of methoxy groups -OCH3 is 1. The minimum Gasteiger partial charge on any atom is -0.378 e. The van der Waals surface area contributed by atoms with E-state index in [4.69, 9.17) is 16.3 Å². The van der Waals surface area contributed by atoms with E-state index in [0.29, 0.717) is 17.3 Å². The number of carbonyl (C=O) groups is 1. The SMILES string of the molecule is COCc1c(C(=O)NCc2ccccc2Cl)nnn1-c1ccccc1. The summed E-state index contributed by atoms with van der Waals surface area (Å²) >= 11 is 6.12. The van der Waals surface area contributed by atoms with Gasteiger partial charge in [0.05, 0.1) is 12.3 Å². The Kier molecular flexibility index (Phi) is 5.42. The lowest BCUT2D eigenvalue weighted by molar-refractivity contribution is 0.0940. The van der Waals surface area contributed by atoms with Gasteiger partial charge in [0.2, 0.25) is 0 Å². The Balaban J connectivity index is 1.83. The van der Waals surface area contributed by atoms with Crippen LogP contribution >= 0.6 is 11.6 Å². The smallest absolute Gasteiger partial charge is 0.274 e. The van der Waals surface area contributed by atoms with Crippen molar-refractivity contribution in [2.75, 3.05) is 7.11 Å². The number of carbonyl (C=O) groups excluding carboxylic acids is 1. The van der Waals surface area contributed by atoms with Gasteiger partial charge in [-0.15, -0.1) is 5.10 Å². The molecule has 0 aliphatic carbocycles. The van der Waals surface area contributed by atoms with E-state index in [0.717, 1.165) is 11.3 Å². The molecule has 0 fully saturated rings. The highest BCUT2D eigenvalue weighted by molar-refractivity contribution is 6.31. The molecule has 3 aromatic rings. The summed E-state index contributed by atoms with van der Waals surface area (Å²) in [6, 6.07) is 16.8. The van der Waals surface area contributed by atoms with Crippen LogP contribution in [0.2, 0.25) is 5.02 Å². The molecular weight excluding hydrogens is 340 g/mol. The van der Waals surface area contributed by atoms with Gasteiger partial charge < -0.3 is 10.1 Å². The molecule has 2 aromatic carbocycles. The fraction of sp³-hybridized carbons (Fsp3) is 0.167. The Morgan fingerprint density at radius 3 is 2.60 bits per heavy atom. The first kappa shape index (κ1) is 17.1. The van der Waals surface area contributed by atoms with Gasteiger partial charge in [0.1, 0.15) is 5.69 Å². The number of aromatic nitrogens is 3. The van der Waals surface area contributed by atoms with Gasteiger partial charge in [-0.2, -0.15) is 0 Å². The Hall–Kier alpha value is -2.70. The highest BCUT2D eigenvalue weighted by atomic mass is 35.5. The van der Waals surface area contributed by atoms with Crippen molar-refractivity contribution >= 4 is 17.5 Å². The van der Waals surface area contributed by atoms with Crippen molar-refractivity contribution in [3.8, 4) is 5.69 Å². The van der Waals surface area contributed by atoms with E-state index in [1.54, 1.807) is 17.9 Å². The highest BCUT2D eigenvalue weighted by Gasteiger charge is 2.20. The summed E-state index contributed by atoms with van der Waals surface area (Å²) in [5.41, 5.74) is 2.47. The van der Waals surface area contributed by atoms with E-state index in [1.807, 2.05) is 48.5 Å². The van der Waals surface area contributed by atoms with E-state index in [-0.39, 0.29) is 18.2 Å². The van der Waals surface area contributed by atoms with E-state index in [2.05, 4.69) is 15.6 Å². The van der Waals surface area contributed by atoms with Gasteiger partial charge in [-0.25, -0.2) is 4.68 Å². The second-order valence-corrected chi connectivity index (χ2v) is 5.75. The molecule has 0 atom stereocenters. The summed E-state index contributed by atoms with van der Waals surface area (Å²) in [6.45, 7) is 0.528. The third-order valence-electron chi connectivity index (χ3n) is 3.66. The molecule has 0 saturated carbocycles. The molecule has 0 spiro atoms. The number of benzene rings is 2. The molecule has 6 nitrogen and oxygen atoms in total. The van der Waals surface area contributed by atoms with Gasteiger partial charge in [0.25, 0.3) is 5.91 Å². The zero-order chi connectivity index (χ0) is 17.6. The van der Waals surface area contributed by atoms with Crippen molar-refractivity contribution in [3.63, 3.8) is 0 Å². The van der Waals surface area contributed by atoms with Crippen molar-refractivity contribution in [1.82, 2.24) is 20.3 Å². The molecule has 128 valence electrons. The maximum absolute atomic E-state index is 12.5. The van der Waals surface area contributed by atoms with Gasteiger partial charge in [-0.1, -0.05) is 53.2 Å². The quantitative estimate of drug-likeness (QED) is 0.737. The summed E-state index contributed by atoms with van der Waals surface area (Å²) < 4.78 is 6.82. The molecule has 1 N–H and O–H groups in total. The van der Waals surface area contributed by atoms with Crippen LogP contribution in [0.1, 0.15) is 21.7 Å². The lowest BCUT2D eigenvalue weighted by Gasteiger charge is -2.08. The van der Waals surface area contributed by atoms with Crippen LogP contribution in [0.4, 0.5) is 0 Å². The number of amides is 1. The van der Waals surface area contributed by atoms with Crippen LogP contribution in [-0.4, -0.2) is 28.0 Å². The Labute approximate surface area is 150 Å². The first-order valence-corrected chi connectivity index (χ1v) is 8.09. The topological polar surface area (TPSA) is 69.0 Å². The number of ether oxygens (including phenoxy) is 1. The average Bonchev–Trinajstić information content (AvgIpc) is 3.06. The standard InChI is InChI=1S/C18H17ClN4O2/c1-25-12-16-17(21-22-23(16)14-8-3-2-4-9-14)18(24)20-11-13-7-5-6-10-15(13)19/h2-10H,11-12H2,1H3,(H,20,24). The number of hydrogen-bond acceptors (Lipinski definition) is 4. The van der Waals surface area contributed by atoms with E-state index in [9.17, 15) is 4.79 Å². The van der Waals surface area contributed by atoms with Crippen molar-refractivity contribution < 1.29 is 9.53 Å². The minimum atomic E-state index is -0.325. The van der Waals surface area contributed by atoms with Gasteiger partial charge in [-0.3, -0.25) is 4.79 Å². The van der Waals surface area contributed by atoms with Gasteiger partial charge in [0, 0.05) is 18.7 Å². The Morgan fingerprint density at radius 1 is 1.16 bits per heavy atom. The van der Waals surface area contributed by atoms with Gasteiger partial charge >= 0.3 is 0 Å². The summed E-state index contributed by atoms with van der Waals surface area (Å²) in [6.07, 6.45) is 0. The van der Waals surface area contributed by atoms with Crippen molar-refractivity contribution in [1.29, 1.82) is 0 Å². The third kappa shape index (κ3) is 3.87. The van der Waals surface area contributed by atoms with Crippen molar-refractivity contribution in [2.24, 2.45) is 0 Å². The van der Waals surface area contributed by atoms with Crippen LogP contribution < -0.4 is 5.32 Å². The maximum atomic E-state index is 12.5. The fourth-order valence-corrected chi connectivity index (χ4v) is 2.62. The first-order chi connectivity index (χ1) is 12.2. The third-order valence-corrected chi connectivity index (χ3v) is 4.03. The molecule has 0 aliphatic rings.